The van der Waals surface area contributed by atoms with E-state index in [2.05, 4.69) is 10.3 Å². The van der Waals surface area contributed by atoms with Crippen LogP contribution in [0.1, 0.15) is 23.3 Å². The summed E-state index contributed by atoms with van der Waals surface area (Å²) >= 11 is 5.97. The van der Waals surface area contributed by atoms with Gasteiger partial charge in [0.05, 0.1) is 5.92 Å². The lowest BCUT2D eigenvalue weighted by atomic mass is 9.96. The van der Waals surface area contributed by atoms with Crippen LogP contribution in [-0.2, 0) is 4.79 Å². The van der Waals surface area contributed by atoms with Gasteiger partial charge in [0.1, 0.15) is 5.69 Å². The molecule has 1 atom stereocenters. The maximum absolute atomic E-state index is 12.9. The summed E-state index contributed by atoms with van der Waals surface area (Å²) in [5, 5.41) is 4.49. The lowest BCUT2D eigenvalue weighted by Crippen LogP contribution is -2.43. The highest BCUT2D eigenvalue weighted by Crippen LogP contribution is 2.23. The Kier molecular flexibility index (Phi) is 4.86. The van der Waals surface area contributed by atoms with E-state index in [0.717, 1.165) is 23.7 Å². The van der Waals surface area contributed by atoms with Crippen molar-refractivity contribution in [1.82, 2.24) is 9.88 Å². The highest BCUT2D eigenvalue weighted by molar-refractivity contribution is 6.30. The van der Waals surface area contributed by atoms with Crippen molar-refractivity contribution in [3.63, 3.8) is 0 Å². The van der Waals surface area contributed by atoms with Gasteiger partial charge in [0.2, 0.25) is 5.91 Å². The first-order chi connectivity index (χ1) is 13.1. The van der Waals surface area contributed by atoms with E-state index in [1.807, 2.05) is 30.3 Å². The van der Waals surface area contributed by atoms with Gasteiger partial charge >= 0.3 is 0 Å². The highest BCUT2D eigenvalue weighted by atomic mass is 35.5. The summed E-state index contributed by atoms with van der Waals surface area (Å²) in [7, 11) is 0. The van der Waals surface area contributed by atoms with Crippen LogP contribution < -0.4 is 5.32 Å². The van der Waals surface area contributed by atoms with E-state index in [1.54, 1.807) is 29.2 Å². The number of anilines is 1. The Bertz CT molecular complexity index is 965. The van der Waals surface area contributed by atoms with E-state index in [0.29, 0.717) is 29.5 Å². The van der Waals surface area contributed by atoms with Crippen molar-refractivity contribution in [3.8, 4) is 0 Å². The fraction of sp³-hybridized carbons (Fsp3) is 0.238. The predicted molar refractivity (Wildman–Crippen MR) is 107 cm³/mol. The molecule has 0 bridgehead atoms. The quantitative estimate of drug-likeness (QED) is 0.709. The molecule has 3 aromatic rings. The van der Waals surface area contributed by atoms with Gasteiger partial charge in [-0.2, -0.15) is 0 Å². The Hall–Kier alpha value is -2.79. The van der Waals surface area contributed by atoms with Crippen molar-refractivity contribution in [2.24, 2.45) is 5.92 Å². The molecule has 2 aromatic carbocycles. The Morgan fingerprint density at radius 1 is 1.11 bits per heavy atom. The molecule has 2 amide bonds. The molecule has 1 saturated heterocycles. The summed E-state index contributed by atoms with van der Waals surface area (Å²) in [6.07, 6.45) is 1.57. The van der Waals surface area contributed by atoms with Crippen LogP contribution in [0.4, 0.5) is 5.69 Å². The molecule has 0 spiro atoms. The molecule has 138 valence electrons. The number of carbonyl (C=O) groups excluding carboxylic acids is 2. The average Bonchev–Trinajstić information content (AvgIpc) is 3.12. The van der Waals surface area contributed by atoms with E-state index < -0.39 is 0 Å². The summed E-state index contributed by atoms with van der Waals surface area (Å²) < 4.78 is 0. The van der Waals surface area contributed by atoms with E-state index >= 15 is 0 Å². The summed E-state index contributed by atoms with van der Waals surface area (Å²) in [5.41, 5.74) is 2.17. The van der Waals surface area contributed by atoms with Crippen LogP contribution in [0.5, 0.6) is 0 Å². The molecule has 0 aliphatic carbocycles. The van der Waals surface area contributed by atoms with Gasteiger partial charge in [-0.1, -0.05) is 35.9 Å². The molecule has 6 heteroatoms. The monoisotopic (exact) mass is 381 g/mol. The number of hydrogen-bond donors (Lipinski definition) is 2. The number of fused-ring (bicyclic) bond motifs is 1. The number of amides is 2. The molecular weight excluding hydrogens is 362 g/mol. The molecule has 0 saturated carbocycles. The first-order valence-electron chi connectivity index (χ1n) is 9.03. The number of carbonyl (C=O) groups is 2. The number of likely N-dealkylation sites (tertiary alicyclic amines) is 1. The van der Waals surface area contributed by atoms with Crippen molar-refractivity contribution < 1.29 is 9.59 Å². The van der Waals surface area contributed by atoms with Gasteiger partial charge in [0.25, 0.3) is 5.91 Å². The molecule has 2 heterocycles. The number of rotatable bonds is 3. The van der Waals surface area contributed by atoms with Gasteiger partial charge in [-0.3, -0.25) is 9.59 Å². The van der Waals surface area contributed by atoms with E-state index in [4.69, 9.17) is 11.6 Å². The van der Waals surface area contributed by atoms with Crippen molar-refractivity contribution in [2.45, 2.75) is 12.8 Å². The second-order valence-corrected chi connectivity index (χ2v) is 7.30. The highest BCUT2D eigenvalue weighted by Gasteiger charge is 2.29. The minimum atomic E-state index is -0.231. The maximum Gasteiger partial charge on any atom is 0.270 e. The molecule has 4 rings (SSSR count). The zero-order chi connectivity index (χ0) is 18.8. The van der Waals surface area contributed by atoms with Crippen molar-refractivity contribution in [2.75, 3.05) is 18.4 Å². The van der Waals surface area contributed by atoms with Crippen LogP contribution >= 0.6 is 11.6 Å². The molecule has 5 nitrogen and oxygen atoms in total. The van der Waals surface area contributed by atoms with E-state index in [1.165, 1.54) is 0 Å². The summed E-state index contributed by atoms with van der Waals surface area (Å²) in [4.78, 5) is 30.4. The summed E-state index contributed by atoms with van der Waals surface area (Å²) in [5.74, 6) is -0.371. The normalized spacial score (nSPS) is 17.1. The Labute approximate surface area is 162 Å². The van der Waals surface area contributed by atoms with Crippen LogP contribution in [0.2, 0.25) is 5.02 Å². The van der Waals surface area contributed by atoms with Crippen LogP contribution in [0.25, 0.3) is 10.9 Å². The van der Waals surface area contributed by atoms with Gasteiger partial charge in [0, 0.05) is 34.7 Å². The number of H-pyrrole nitrogens is 1. The van der Waals surface area contributed by atoms with Crippen LogP contribution in [-0.4, -0.2) is 34.8 Å². The second-order valence-electron chi connectivity index (χ2n) is 6.86. The third-order valence-electron chi connectivity index (χ3n) is 4.93. The summed E-state index contributed by atoms with van der Waals surface area (Å²) in [6.45, 7) is 1.08. The Morgan fingerprint density at radius 3 is 2.78 bits per heavy atom. The molecule has 27 heavy (non-hydrogen) atoms. The lowest BCUT2D eigenvalue weighted by Gasteiger charge is -2.31. The van der Waals surface area contributed by atoms with Crippen molar-refractivity contribution in [3.05, 3.63) is 65.3 Å². The Balaban J connectivity index is 1.45. The van der Waals surface area contributed by atoms with Gasteiger partial charge in [-0.25, -0.2) is 0 Å². The first-order valence-corrected chi connectivity index (χ1v) is 9.41. The molecular formula is C21H20ClN3O2. The molecule has 1 aromatic heterocycles. The average molecular weight is 382 g/mol. The third-order valence-corrected chi connectivity index (χ3v) is 5.17. The van der Waals surface area contributed by atoms with Gasteiger partial charge < -0.3 is 15.2 Å². The molecule has 0 radical (unpaired) electrons. The zero-order valence-electron chi connectivity index (χ0n) is 14.7. The molecule has 1 aliphatic rings. The number of nitrogens with zero attached hydrogens (tertiary/aromatic N) is 1. The second kappa shape index (κ2) is 7.45. The maximum atomic E-state index is 12.9. The molecule has 1 aliphatic heterocycles. The topological polar surface area (TPSA) is 65.2 Å². The van der Waals surface area contributed by atoms with E-state index in [-0.39, 0.29) is 17.7 Å². The van der Waals surface area contributed by atoms with Gasteiger partial charge in [0.15, 0.2) is 0 Å². The number of para-hydroxylation sites is 1. The number of benzene rings is 2. The standard InChI is InChI=1S/C21H20ClN3O2/c22-16-7-3-8-17(12-16)23-20(26)15-6-4-10-25(13-15)21(27)19-11-14-5-1-2-9-18(14)24-19/h1-3,5,7-9,11-12,15,24H,4,6,10,13H2,(H,23,26)/t15-/m1/s1. The first kappa shape index (κ1) is 17.6. The number of piperidine rings is 1. The molecule has 2 N–H and O–H groups in total. The van der Waals surface area contributed by atoms with Crippen LogP contribution in [0, 0.1) is 5.92 Å². The van der Waals surface area contributed by atoms with E-state index in [9.17, 15) is 9.59 Å². The number of aromatic amines is 1. The smallest absolute Gasteiger partial charge is 0.270 e. The number of aromatic nitrogens is 1. The number of nitrogens with one attached hydrogen (secondary N) is 2. The minimum Gasteiger partial charge on any atom is -0.351 e. The van der Waals surface area contributed by atoms with Gasteiger partial charge in [-0.15, -0.1) is 0 Å². The molecule has 0 unspecified atom stereocenters. The largest absolute Gasteiger partial charge is 0.351 e. The fourth-order valence-electron chi connectivity index (χ4n) is 3.55. The number of halogens is 1. The Morgan fingerprint density at radius 2 is 1.96 bits per heavy atom. The SMILES string of the molecule is O=C(Nc1cccc(Cl)c1)[C@@H]1CCCN(C(=O)c2cc3ccccc3[nH]2)C1. The zero-order valence-corrected chi connectivity index (χ0v) is 15.5. The lowest BCUT2D eigenvalue weighted by molar-refractivity contribution is -0.121. The van der Waals surface area contributed by atoms with Crippen LogP contribution in [0.3, 0.4) is 0 Å². The van der Waals surface area contributed by atoms with Gasteiger partial charge in [-0.05, 0) is 43.2 Å². The third kappa shape index (κ3) is 3.83. The van der Waals surface area contributed by atoms with Crippen LogP contribution in [0.15, 0.2) is 54.6 Å². The summed E-state index contributed by atoms with van der Waals surface area (Å²) in [6, 6.07) is 16.8. The predicted octanol–water partition coefficient (Wildman–Crippen LogP) is 4.31. The fourth-order valence-corrected chi connectivity index (χ4v) is 3.74. The van der Waals surface area contributed by atoms with Crippen molar-refractivity contribution in [1.29, 1.82) is 0 Å². The molecule has 1 fully saturated rings. The van der Waals surface area contributed by atoms with Crippen molar-refractivity contribution >= 4 is 40.0 Å². The number of hydrogen-bond acceptors (Lipinski definition) is 2. The minimum absolute atomic E-state index is 0.0635.